The van der Waals surface area contributed by atoms with Gasteiger partial charge in [0.05, 0.1) is 13.2 Å². The predicted molar refractivity (Wildman–Crippen MR) is 58.3 cm³/mol. The van der Waals surface area contributed by atoms with Crippen LogP contribution in [0.25, 0.3) is 0 Å². The third-order valence-electron chi connectivity index (χ3n) is 3.11. The van der Waals surface area contributed by atoms with Gasteiger partial charge >= 0.3 is 0 Å². The Labute approximate surface area is 90.0 Å². The molecule has 15 heavy (non-hydrogen) atoms. The monoisotopic (exact) mass is 207 g/mol. The van der Waals surface area contributed by atoms with E-state index in [0.29, 0.717) is 0 Å². The van der Waals surface area contributed by atoms with Gasteiger partial charge in [-0.1, -0.05) is 30.3 Å². The fraction of sp³-hybridized carbons (Fsp3) is 0.500. The molecule has 1 fully saturated rings. The maximum Gasteiger partial charge on any atom is 0.0587 e. The number of aliphatic hydroxyl groups excluding tert-OH is 2. The number of nitrogens with zero attached hydrogens (tertiary/aromatic N) is 1. The molecule has 2 atom stereocenters. The van der Waals surface area contributed by atoms with Gasteiger partial charge in [-0.25, -0.2) is 0 Å². The van der Waals surface area contributed by atoms with Gasteiger partial charge in [0.1, 0.15) is 0 Å². The second-order valence-corrected chi connectivity index (χ2v) is 4.07. The third-order valence-corrected chi connectivity index (χ3v) is 3.11. The standard InChI is InChI=1S/C12H17NO2/c14-8-11-6-12(9-15)13(11)7-10-4-2-1-3-5-10/h1-5,11-12,14-15H,6-9H2/t11-,12?/m1/s1. The van der Waals surface area contributed by atoms with Gasteiger partial charge in [0.25, 0.3) is 0 Å². The summed E-state index contributed by atoms with van der Waals surface area (Å²) in [5.74, 6) is 0. The van der Waals surface area contributed by atoms with E-state index < -0.39 is 0 Å². The summed E-state index contributed by atoms with van der Waals surface area (Å²) in [6, 6.07) is 10.6. The van der Waals surface area contributed by atoms with E-state index in [2.05, 4.69) is 17.0 Å². The highest BCUT2D eigenvalue weighted by Gasteiger charge is 2.36. The summed E-state index contributed by atoms with van der Waals surface area (Å²) < 4.78 is 0. The van der Waals surface area contributed by atoms with Crippen molar-refractivity contribution >= 4 is 0 Å². The number of hydrogen-bond acceptors (Lipinski definition) is 3. The van der Waals surface area contributed by atoms with Crippen molar-refractivity contribution < 1.29 is 10.2 Å². The van der Waals surface area contributed by atoms with Gasteiger partial charge in [0.2, 0.25) is 0 Å². The van der Waals surface area contributed by atoms with E-state index in [1.807, 2.05) is 18.2 Å². The molecule has 2 rings (SSSR count). The van der Waals surface area contributed by atoms with Gasteiger partial charge in [0, 0.05) is 18.6 Å². The molecule has 3 heteroatoms. The topological polar surface area (TPSA) is 43.7 Å². The molecular formula is C12H17NO2. The molecule has 2 N–H and O–H groups in total. The predicted octanol–water partition coefficient (Wildman–Crippen LogP) is 0.614. The number of aliphatic hydroxyl groups is 2. The zero-order valence-corrected chi connectivity index (χ0v) is 8.71. The Morgan fingerprint density at radius 3 is 2.20 bits per heavy atom. The van der Waals surface area contributed by atoms with Gasteiger partial charge in [-0.3, -0.25) is 4.90 Å². The quantitative estimate of drug-likeness (QED) is 0.760. The molecule has 1 saturated heterocycles. The Bertz CT molecular complexity index is 292. The minimum absolute atomic E-state index is 0.184. The van der Waals surface area contributed by atoms with Gasteiger partial charge in [-0.2, -0.15) is 0 Å². The summed E-state index contributed by atoms with van der Waals surface area (Å²) in [5.41, 5.74) is 1.23. The van der Waals surface area contributed by atoms with Crippen molar-refractivity contribution in [2.45, 2.75) is 25.0 Å². The summed E-state index contributed by atoms with van der Waals surface area (Å²) in [4.78, 5) is 2.16. The molecule has 0 amide bonds. The van der Waals surface area contributed by atoms with Crippen LogP contribution < -0.4 is 0 Å². The summed E-state index contributed by atoms with van der Waals surface area (Å²) in [6.45, 7) is 1.18. The molecule has 0 aliphatic carbocycles. The van der Waals surface area contributed by atoms with Crippen molar-refractivity contribution in [2.24, 2.45) is 0 Å². The van der Waals surface area contributed by atoms with Gasteiger partial charge in [0.15, 0.2) is 0 Å². The third kappa shape index (κ3) is 2.20. The molecule has 82 valence electrons. The fourth-order valence-electron chi connectivity index (χ4n) is 2.16. The molecule has 1 aromatic rings. The van der Waals surface area contributed by atoms with E-state index in [4.69, 9.17) is 10.2 Å². The highest BCUT2D eigenvalue weighted by molar-refractivity contribution is 5.15. The Morgan fingerprint density at radius 2 is 1.67 bits per heavy atom. The molecule has 3 nitrogen and oxygen atoms in total. The summed E-state index contributed by atoms with van der Waals surface area (Å²) in [5, 5.41) is 18.2. The highest BCUT2D eigenvalue weighted by atomic mass is 16.3. The van der Waals surface area contributed by atoms with Gasteiger partial charge < -0.3 is 10.2 Å². The first-order valence-corrected chi connectivity index (χ1v) is 5.36. The maximum atomic E-state index is 9.12. The largest absolute Gasteiger partial charge is 0.395 e. The van der Waals surface area contributed by atoms with Crippen molar-refractivity contribution in [1.82, 2.24) is 4.90 Å². The van der Waals surface area contributed by atoms with Crippen LogP contribution in [0, 0.1) is 0 Å². The van der Waals surface area contributed by atoms with Crippen LogP contribution in [0.5, 0.6) is 0 Å². The number of benzene rings is 1. The van der Waals surface area contributed by atoms with Crippen LogP contribution in [0.2, 0.25) is 0 Å². The van der Waals surface area contributed by atoms with E-state index >= 15 is 0 Å². The summed E-state index contributed by atoms with van der Waals surface area (Å²) in [6.07, 6.45) is 0.903. The van der Waals surface area contributed by atoms with E-state index in [0.717, 1.165) is 13.0 Å². The molecule has 1 unspecified atom stereocenters. The van der Waals surface area contributed by atoms with Crippen LogP contribution in [-0.2, 0) is 6.54 Å². The maximum absolute atomic E-state index is 9.12. The minimum atomic E-state index is 0.184. The Morgan fingerprint density at radius 1 is 1.07 bits per heavy atom. The molecule has 0 bridgehead atoms. The normalized spacial score (nSPS) is 26.3. The lowest BCUT2D eigenvalue weighted by Crippen LogP contribution is -2.58. The first-order valence-electron chi connectivity index (χ1n) is 5.36. The zero-order chi connectivity index (χ0) is 10.7. The molecule has 0 spiro atoms. The number of hydrogen-bond donors (Lipinski definition) is 2. The molecule has 1 aromatic carbocycles. The van der Waals surface area contributed by atoms with Crippen molar-refractivity contribution in [1.29, 1.82) is 0 Å². The molecular weight excluding hydrogens is 190 g/mol. The Hall–Kier alpha value is -0.900. The first kappa shape index (κ1) is 10.6. The van der Waals surface area contributed by atoms with Crippen LogP contribution in [0.1, 0.15) is 12.0 Å². The zero-order valence-electron chi connectivity index (χ0n) is 8.71. The fourth-order valence-corrected chi connectivity index (χ4v) is 2.16. The lowest BCUT2D eigenvalue weighted by Gasteiger charge is -2.47. The first-order chi connectivity index (χ1) is 7.35. The smallest absolute Gasteiger partial charge is 0.0587 e. The van der Waals surface area contributed by atoms with Crippen LogP contribution in [-0.4, -0.2) is 40.4 Å². The van der Waals surface area contributed by atoms with Gasteiger partial charge in [-0.05, 0) is 12.0 Å². The average molecular weight is 207 g/mol. The second kappa shape index (κ2) is 4.75. The lowest BCUT2D eigenvalue weighted by molar-refractivity contribution is -0.0475. The van der Waals surface area contributed by atoms with E-state index in [1.165, 1.54) is 5.56 Å². The molecule has 0 saturated carbocycles. The van der Waals surface area contributed by atoms with Crippen LogP contribution in [0.4, 0.5) is 0 Å². The molecule has 0 aromatic heterocycles. The molecule has 1 heterocycles. The SMILES string of the molecule is OCC1C[C@H](CO)N1Cc1ccccc1. The van der Waals surface area contributed by atoms with Crippen LogP contribution >= 0.6 is 0 Å². The van der Waals surface area contributed by atoms with Crippen LogP contribution in [0.3, 0.4) is 0 Å². The second-order valence-electron chi connectivity index (χ2n) is 4.07. The molecule has 0 radical (unpaired) electrons. The number of rotatable bonds is 4. The molecule has 1 aliphatic heterocycles. The van der Waals surface area contributed by atoms with Crippen LogP contribution in [0.15, 0.2) is 30.3 Å². The van der Waals surface area contributed by atoms with Crippen molar-refractivity contribution in [2.75, 3.05) is 13.2 Å². The summed E-state index contributed by atoms with van der Waals surface area (Å²) in [7, 11) is 0. The van der Waals surface area contributed by atoms with Gasteiger partial charge in [-0.15, -0.1) is 0 Å². The molecule has 1 aliphatic rings. The van der Waals surface area contributed by atoms with E-state index in [1.54, 1.807) is 0 Å². The minimum Gasteiger partial charge on any atom is -0.395 e. The lowest BCUT2D eigenvalue weighted by atomic mass is 9.93. The number of likely N-dealkylation sites (tertiary alicyclic amines) is 1. The van der Waals surface area contributed by atoms with Crippen molar-refractivity contribution in [3.63, 3.8) is 0 Å². The van der Waals surface area contributed by atoms with E-state index in [-0.39, 0.29) is 25.3 Å². The highest BCUT2D eigenvalue weighted by Crippen LogP contribution is 2.27. The Balaban J connectivity index is 1.98. The Kier molecular flexibility index (Phi) is 3.36. The van der Waals surface area contributed by atoms with Crippen molar-refractivity contribution in [3.05, 3.63) is 35.9 Å². The van der Waals surface area contributed by atoms with Crippen molar-refractivity contribution in [3.8, 4) is 0 Å². The van der Waals surface area contributed by atoms with E-state index in [9.17, 15) is 0 Å². The average Bonchev–Trinajstić information content (AvgIpc) is 2.27. The summed E-state index contributed by atoms with van der Waals surface area (Å²) >= 11 is 0.